The van der Waals surface area contributed by atoms with E-state index >= 15 is 0 Å². The fraction of sp³-hybridized carbons (Fsp3) is 0.475. The number of nitrogens with one attached hydrogen (secondary N) is 2. The number of carboxylic acids is 1. The molecule has 0 aromatic heterocycles. The lowest BCUT2D eigenvalue weighted by Gasteiger charge is -2.52. The van der Waals surface area contributed by atoms with Crippen LogP contribution >= 0.6 is 0 Å². The molecule has 6 rings (SSSR count). The zero-order valence-corrected chi connectivity index (χ0v) is 32.2. The van der Waals surface area contributed by atoms with Crippen molar-refractivity contribution in [2.75, 3.05) is 13.2 Å². The Morgan fingerprint density at radius 3 is 2.11 bits per heavy atom. The summed E-state index contributed by atoms with van der Waals surface area (Å²) in [5.41, 5.74) is 5.04. The van der Waals surface area contributed by atoms with Crippen LogP contribution in [0.3, 0.4) is 0 Å². The normalized spacial score (nSPS) is 25.3. The van der Waals surface area contributed by atoms with E-state index in [9.17, 15) is 19.5 Å². The summed E-state index contributed by atoms with van der Waals surface area (Å²) in [5.74, 6) is -1.90. The predicted octanol–water partition coefficient (Wildman–Crippen LogP) is 6.12. The molecule has 0 radical (unpaired) electrons. The van der Waals surface area contributed by atoms with E-state index in [-0.39, 0.29) is 30.1 Å². The molecule has 13 heteroatoms. The molecule has 2 heterocycles. The van der Waals surface area contributed by atoms with Gasteiger partial charge in [-0.25, -0.2) is 9.59 Å². The minimum Gasteiger partial charge on any atom is -0.480 e. The first-order valence-electron chi connectivity index (χ1n) is 18.1. The first-order valence-corrected chi connectivity index (χ1v) is 21.0. The Morgan fingerprint density at radius 2 is 1.53 bits per heavy atom. The van der Waals surface area contributed by atoms with Crippen LogP contribution in [0.2, 0.25) is 18.1 Å². The largest absolute Gasteiger partial charge is 0.480 e. The van der Waals surface area contributed by atoms with Gasteiger partial charge in [-0.1, -0.05) is 99.6 Å². The van der Waals surface area contributed by atoms with Crippen LogP contribution in [0.5, 0.6) is 0 Å². The zero-order chi connectivity index (χ0) is 38.1. The molecule has 0 bridgehead atoms. The van der Waals surface area contributed by atoms with E-state index in [0.29, 0.717) is 0 Å². The second-order valence-corrected chi connectivity index (χ2v) is 20.2. The number of carboxylic acid groups (broad SMARTS) is 1. The molecule has 0 saturated carbocycles. The topological polar surface area (TPSA) is 151 Å². The first-order chi connectivity index (χ1) is 25.1. The van der Waals surface area contributed by atoms with Crippen LogP contribution in [0, 0.1) is 0 Å². The van der Waals surface area contributed by atoms with Crippen molar-refractivity contribution < 1.29 is 47.6 Å². The molecule has 2 fully saturated rings. The molecule has 8 atom stereocenters. The number of carbonyl (C=O) groups is 3. The Kier molecular flexibility index (Phi) is 11.4. The van der Waals surface area contributed by atoms with E-state index in [0.717, 1.165) is 27.8 Å². The van der Waals surface area contributed by atoms with Crippen LogP contribution in [-0.4, -0.2) is 87.4 Å². The van der Waals surface area contributed by atoms with E-state index in [1.165, 1.54) is 13.8 Å². The van der Waals surface area contributed by atoms with Gasteiger partial charge in [0, 0.05) is 18.4 Å². The maximum atomic E-state index is 13.2. The maximum absolute atomic E-state index is 13.2. The number of hydrogen-bond acceptors (Lipinski definition) is 9. The number of aliphatic carboxylic acids is 1. The van der Waals surface area contributed by atoms with Crippen LogP contribution in [0.25, 0.3) is 11.1 Å². The molecular formula is C40H50N2O10Si. The Morgan fingerprint density at radius 1 is 0.925 bits per heavy atom. The molecule has 2 aliphatic heterocycles. The van der Waals surface area contributed by atoms with E-state index < -0.39 is 69.5 Å². The molecule has 0 spiro atoms. The highest BCUT2D eigenvalue weighted by molar-refractivity contribution is 6.74. The molecule has 3 aliphatic rings. The van der Waals surface area contributed by atoms with Crippen molar-refractivity contribution in [2.45, 2.75) is 108 Å². The Balaban J connectivity index is 1.20. The summed E-state index contributed by atoms with van der Waals surface area (Å²) in [6.45, 7) is 13.6. The molecular weight excluding hydrogens is 697 g/mol. The van der Waals surface area contributed by atoms with Gasteiger partial charge in [0.2, 0.25) is 5.91 Å². The van der Waals surface area contributed by atoms with Gasteiger partial charge in [-0.3, -0.25) is 4.79 Å². The number of rotatable bonds is 11. The Hall–Kier alpha value is -4.11. The van der Waals surface area contributed by atoms with Gasteiger partial charge in [0.15, 0.2) is 26.9 Å². The lowest BCUT2D eigenvalue weighted by Crippen LogP contribution is -2.70. The van der Waals surface area contributed by atoms with Gasteiger partial charge in [0.05, 0.1) is 18.8 Å². The second-order valence-electron chi connectivity index (χ2n) is 15.4. The highest BCUT2D eigenvalue weighted by Gasteiger charge is 2.55. The number of amides is 2. The molecule has 1 unspecified atom stereocenters. The van der Waals surface area contributed by atoms with Gasteiger partial charge in [-0.15, -0.1) is 0 Å². The second kappa shape index (κ2) is 15.7. The summed E-state index contributed by atoms with van der Waals surface area (Å²) in [7, 11) is -2.51. The third-order valence-electron chi connectivity index (χ3n) is 10.7. The van der Waals surface area contributed by atoms with Gasteiger partial charge < -0.3 is 43.9 Å². The summed E-state index contributed by atoms with van der Waals surface area (Å²) in [6, 6.07) is 23.0. The highest BCUT2D eigenvalue weighted by atomic mass is 28.4. The van der Waals surface area contributed by atoms with Crippen molar-refractivity contribution in [2.24, 2.45) is 0 Å². The highest BCUT2D eigenvalue weighted by Crippen LogP contribution is 2.45. The first kappa shape index (κ1) is 38.6. The quantitative estimate of drug-likeness (QED) is 0.196. The Bertz CT molecular complexity index is 1740. The molecule has 3 N–H and O–H groups in total. The predicted molar refractivity (Wildman–Crippen MR) is 199 cm³/mol. The molecule has 2 saturated heterocycles. The monoisotopic (exact) mass is 746 g/mol. The van der Waals surface area contributed by atoms with Crippen molar-refractivity contribution in [3.63, 3.8) is 0 Å². The third kappa shape index (κ3) is 8.35. The maximum Gasteiger partial charge on any atom is 0.407 e. The number of fused-ring (bicyclic) bond motifs is 4. The number of carbonyl (C=O) groups excluding carboxylic acids is 2. The summed E-state index contributed by atoms with van der Waals surface area (Å²) in [5, 5.41) is 15.5. The molecule has 3 aromatic rings. The van der Waals surface area contributed by atoms with Gasteiger partial charge in [-0.05, 0) is 47.3 Å². The summed E-state index contributed by atoms with van der Waals surface area (Å²) < 4.78 is 38.0. The standard InChI is InChI=1S/C40H50N2O10Si/c1-23(32(36(44)45)42-39(46)48-21-30-28-19-13-11-17-26(28)27-18-12-14-20-29(27)30)49-38-33(41-24(2)43)35(52-53(6,7)40(3,4)5)34-31(50-38)22-47-37(51-34)25-15-9-8-10-16-25/h8-20,23,30-35,37-38H,21-22H2,1-7H3,(H,41,43)(H,42,46)(H,44,45)/t23-,31-,32+,33-,34+,35-,37?,38+/m1/s1. The van der Waals surface area contributed by atoms with Crippen molar-refractivity contribution in [3.8, 4) is 11.1 Å². The van der Waals surface area contributed by atoms with E-state index in [2.05, 4.69) is 44.5 Å². The van der Waals surface area contributed by atoms with Gasteiger partial charge in [-0.2, -0.15) is 0 Å². The third-order valence-corrected chi connectivity index (χ3v) is 15.2. The number of benzene rings is 3. The number of alkyl carbamates (subject to hydrolysis) is 1. The molecule has 3 aromatic carbocycles. The van der Waals surface area contributed by atoms with Crippen molar-refractivity contribution in [1.29, 1.82) is 0 Å². The molecule has 2 amide bonds. The van der Waals surface area contributed by atoms with E-state index in [1.54, 1.807) is 0 Å². The van der Waals surface area contributed by atoms with Crippen LogP contribution in [0.4, 0.5) is 4.79 Å². The SMILES string of the molecule is CC(=O)N[C@H]1[C@@H](O[C@H](C)[C@H](NC(=O)OCC2c3ccccc3-c3ccccc32)C(=O)O)O[C@@H]2COC(c3ccccc3)O[C@@H]2[C@@H]1O[Si](C)(C)C(C)(C)C. The molecule has 12 nitrogen and oxygen atoms in total. The van der Waals surface area contributed by atoms with E-state index in [4.69, 9.17) is 28.1 Å². The number of hydrogen-bond donors (Lipinski definition) is 3. The van der Waals surface area contributed by atoms with Crippen LogP contribution in [0.15, 0.2) is 78.9 Å². The molecule has 1 aliphatic carbocycles. The van der Waals surface area contributed by atoms with Crippen LogP contribution < -0.4 is 10.6 Å². The number of ether oxygens (including phenoxy) is 5. The van der Waals surface area contributed by atoms with Crippen molar-refractivity contribution in [3.05, 3.63) is 95.6 Å². The minimum absolute atomic E-state index is 0.0112. The zero-order valence-electron chi connectivity index (χ0n) is 31.2. The fourth-order valence-corrected chi connectivity index (χ4v) is 8.26. The summed E-state index contributed by atoms with van der Waals surface area (Å²) >= 11 is 0. The average molecular weight is 747 g/mol. The van der Waals surface area contributed by atoms with Crippen LogP contribution in [0.1, 0.15) is 63.5 Å². The van der Waals surface area contributed by atoms with Gasteiger partial charge >= 0.3 is 12.1 Å². The van der Waals surface area contributed by atoms with Crippen molar-refractivity contribution in [1.82, 2.24) is 10.6 Å². The fourth-order valence-electron chi connectivity index (χ4n) is 6.95. The molecule has 284 valence electrons. The van der Waals surface area contributed by atoms with Gasteiger partial charge in [0.25, 0.3) is 0 Å². The van der Waals surface area contributed by atoms with Crippen LogP contribution in [-0.2, 0) is 37.7 Å². The minimum atomic E-state index is -2.51. The Labute approximate surface area is 311 Å². The summed E-state index contributed by atoms with van der Waals surface area (Å²) in [6.07, 6.45) is -6.01. The molecule has 53 heavy (non-hydrogen) atoms. The van der Waals surface area contributed by atoms with E-state index in [1.807, 2.05) is 78.9 Å². The smallest absolute Gasteiger partial charge is 0.407 e. The average Bonchev–Trinajstić information content (AvgIpc) is 3.43. The van der Waals surface area contributed by atoms with Gasteiger partial charge in [0.1, 0.15) is 24.9 Å². The summed E-state index contributed by atoms with van der Waals surface area (Å²) in [4.78, 5) is 38.5. The lowest BCUT2D eigenvalue weighted by atomic mass is 9.95. The van der Waals surface area contributed by atoms with Crippen molar-refractivity contribution >= 4 is 26.3 Å². The lowest BCUT2D eigenvalue weighted by molar-refractivity contribution is -0.346.